The van der Waals surface area contributed by atoms with Crippen molar-refractivity contribution >= 4 is 6.21 Å². The van der Waals surface area contributed by atoms with Crippen LogP contribution >= 0.6 is 0 Å². The average Bonchev–Trinajstić information content (AvgIpc) is 1.60. The van der Waals surface area contributed by atoms with E-state index in [2.05, 4.69) is 9.99 Å². The van der Waals surface area contributed by atoms with Gasteiger partial charge in [0.25, 0.3) is 0 Å². The highest BCUT2D eigenvalue weighted by atomic mass is 19.1. The minimum absolute atomic E-state index is 0.502. The molecule has 0 saturated heterocycles. The highest BCUT2D eigenvalue weighted by molar-refractivity contribution is 5.71. The number of halogens is 1. The van der Waals surface area contributed by atoms with Crippen LogP contribution in [-0.2, 0) is 4.84 Å². The molecule has 0 aromatic heterocycles. The van der Waals surface area contributed by atoms with Crippen LogP contribution in [0.2, 0.25) is 0 Å². The molecule has 50 valence electrons. The molecule has 1 heterocycles. The van der Waals surface area contributed by atoms with Gasteiger partial charge in [0.2, 0.25) is 0 Å². The average molecular weight is 129 g/mol. The van der Waals surface area contributed by atoms with E-state index in [9.17, 15) is 4.39 Å². The van der Waals surface area contributed by atoms with Crippen LogP contribution < -0.4 is 0 Å². The predicted octanol–water partition coefficient (Wildman–Crippen LogP) is 1.63. The van der Waals surface area contributed by atoms with E-state index in [0.29, 0.717) is 5.76 Å². The van der Waals surface area contributed by atoms with Crippen molar-refractivity contribution < 1.29 is 9.23 Å². The van der Waals surface area contributed by atoms with Crippen LogP contribution in [0, 0.1) is 0 Å². The Morgan fingerprint density at radius 1 is 1.78 bits per heavy atom. The van der Waals surface area contributed by atoms with Crippen molar-refractivity contribution in [3.05, 3.63) is 11.8 Å². The van der Waals surface area contributed by atoms with Crippen molar-refractivity contribution in [1.82, 2.24) is 0 Å². The van der Waals surface area contributed by atoms with E-state index in [0.717, 1.165) is 6.21 Å². The number of hydrogen-bond donors (Lipinski definition) is 0. The molecule has 0 saturated carbocycles. The molecule has 0 radical (unpaired) electrons. The zero-order valence-electron chi connectivity index (χ0n) is 5.39. The lowest BCUT2D eigenvalue weighted by Crippen LogP contribution is -2.19. The second-order valence-corrected chi connectivity index (χ2v) is 2.23. The molecule has 1 aliphatic heterocycles. The van der Waals surface area contributed by atoms with Gasteiger partial charge in [-0.15, -0.1) is 0 Å². The van der Waals surface area contributed by atoms with E-state index in [4.69, 9.17) is 0 Å². The molecule has 0 aliphatic carbocycles. The van der Waals surface area contributed by atoms with Gasteiger partial charge in [-0.25, -0.2) is 4.39 Å². The lowest BCUT2D eigenvalue weighted by atomic mass is 10.1. The van der Waals surface area contributed by atoms with E-state index < -0.39 is 5.67 Å². The topological polar surface area (TPSA) is 21.6 Å². The Hall–Kier alpha value is -0.860. The van der Waals surface area contributed by atoms with Gasteiger partial charge in [0.05, 0.1) is 6.21 Å². The quantitative estimate of drug-likeness (QED) is 0.487. The van der Waals surface area contributed by atoms with Crippen LogP contribution in [0.15, 0.2) is 17.0 Å². The van der Waals surface area contributed by atoms with Gasteiger partial charge in [-0.1, -0.05) is 5.16 Å². The van der Waals surface area contributed by atoms with Crippen LogP contribution in [0.3, 0.4) is 0 Å². The summed E-state index contributed by atoms with van der Waals surface area (Å²) in [7, 11) is 0. The molecule has 1 atom stereocenters. The van der Waals surface area contributed by atoms with Crippen LogP contribution in [0.5, 0.6) is 0 Å². The Morgan fingerprint density at radius 3 is 2.78 bits per heavy atom. The van der Waals surface area contributed by atoms with E-state index in [1.165, 1.54) is 13.0 Å². The van der Waals surface area contributed by atoms with E-state index in [-0.39, 0.29) is 0 Å². The Bertz CT molecular complexity index is 172. The van der Waals surface area contributed by atoms with Crippen molar-refractivity contribution in [1.29, 1.82) is 0 Å². The van der Waals surface area contributed by atoms with E-state index >= 15 is 0 Å². The Balaban J connectivity index is 2.78. The second kappa shape index (κ2) is 1.83. The normalized spacial score (nSPS) is 33.4. The second-order valence-electron chi connectivity index (χ2n) is 2.23. The van der Waals surface area contributed by atoms with Gasteiger partial charge in [-0.05, 0) is 19.9 Å². The lowest BCUT2D eigenvalue weighted by molar-refractivity contribution is 0.201. The summed E-state index contributed by atoms with van der Waals surface area (Å²) in [5.41, 5.74) is -1.43. The van der Waals surface area contributed by atoms with Gasteiger partial charge in [0.15, 0.2) is 5.67 Å². The maximum atomic E-state index is 12.8. The molecule has 2 nitrogen and oxygen atoms in total. The van der Waals surface area contributed by atoms with Crippen molar-refractivity contribution in [2.75, 3.05) is 0 Å². The maximum Gasteiger partial charge on any atom is 0.168 e. The molecular weight excluding hydrogens is 121 g/mol. The monoisotopic (exact) mass is 129 g/mol. The molecule has 0 unspecified atom stereocenters. The predicted molar refractivity (Wildman–Crippen MR) is 32.8 cm³/mol. The highest BCUT2D eigenvalue weighted by Crippen LogP contribution is 2.16. The number of hydrogen-bond acceptors (Lipinski definition) is 2. The van der Waals surface area contributed by atoms with Crippen LogP contribution in [0.25, 0.3) is 0 Å². The van der Waals surface area contributed by atoms with Crippen LogP contribution in [0.4, 0.5) is 4.39 Å². The number of oxime groups is 1. The number of alkyl halides is 1. The fourth-order valence-electron chi connectivity index (χ4n) is 0.674. The van der Waals surface area contributed by atoms with Gasteiger partial charge < -0.3 is 4.84 Å². The first kappa shape index (κ1) is 6.26. The first-order valence-electron chi connectivity index (χ1n) is 2.70. The van der Waals surface area contributed by atoms with Crippen molar-refractivity contribution in [2.45, 2.75) is 19.5 Å². The van der Waals surface area contributed by atoms with Crippen molar-refractivity contribution in [2.24, 2.45) is 5.16 Å². The van der Waals surface area contributed by atoms with Gasteiger partial charge >= 0.3 is 0 Å². The SMILES string of the molecule is CC1=C[C@](C)(F)C=NO1. The van der Waals surface area contributed by atoms with Gasteiger partial charge in [0, 0.05) is 0 Å². The highest BCUT2D eigenvalue weighted by Gasteiger charge is 2.20. The molecule has 9 heavy (non-hydrogen) atoms. The van der Waals surface area contributed by atoms with Gasteiger partial charge in [0.1, 0.15) is 5.76 Å². The first-order valence-corrected chi connectivity index (χ1v) is 2.70. The number of allylic oxidation sites excluding steroid dienone is 2. The molecule has 1 rings (SSSR count). The van der Waals surface area contributed by atoms with Crippen molar-refractivity contribution in [3.8, 4) is 0 Å². The smallest absolute Gasteiger partial charge is 0.168 e. The molecule has 0 bridgehead atoms. The summed E-state index contributed by atoms with van der Waals surface area (Å²) in [6.07, 6.45) is 2.50. The zero-order valence-corrected chi connectivity index (χ0v) is 5.39. The Labute approximate surface area is 53.0 Å². The molecule has 0 spiro atoms. The number of nitrogens with zero attached hydrogens (tertiary/aromatic N) is 1. The molecule has 0 N–H and O–H groups in total. The standard InChI is InChI=1S/C6H8FNO/c1-5-3-6(2,7)4-8-9-5/h3-4H,1-2H3/t6-/m0/s1. The first-order chi connectivity index (χ1) is 4.10. The summed E-state index contributed by atoms with van der Waals surface area (Å²) in [6.45, 7) is 3.08. The third kappa shape index (κ3) is 1.52. The molecule has 0 aromatic carbocycles. The fraction of sp³-hybridized carbons (Fsp3) is 0.500. The van der Waals surface area contributed by atoms with E-state index in [1.54, 1.807) is 6.92 Å². The third-order valence-corrected chi connectivity index (χ3v) is 0.987. The Kier molecular flexibility index (Phi) is 1.27. The zero-order chi connectivity index (χ0) is 6.91. The molecular formula is C6H8FNO. The minimum Gasteiger partial charge on any atom is -0.362 e. The molecule has 1 aliphatic rings. The summed E-state index contributed by atoms with van der Waals surface area (Å²) in [4.78, 5) is 4.60. The molecule has 0 amide bonds. The summed E-state index contributed by atoms with van der Waals surface area (Å²) >= 11 is 0. The Morgan fingerprint density at radius 2 is 2.44 bits per heavy atom. The largest absolute Gasteiger partial charge is 0.362 e. The third-order valence-electron chi connectivity index (χ3n) is 0.987. The molecule has 0 aromatic rings. The van der Waals surface area contributed by atoms with Crippen LogP contribution in [-0.4, -0.2) is 11.9 Å². The maximum absolute atomic E-state index is 12.8. The summed E-state index contributed by atoms with van der Waals surface area (Å²) in [6, 6.07) is 0. The molecule has 3 heteroatoms. The summed E-state index contributed by atoms with van der Waals surface area (Å²) < 4.78 is 12.8. The van der Waals surface area contributed by atoms with E-state index in [1.807, 2.05) is 0 Å². The summed E-state index contributed by atoms with van der Waals surface area (Å²) in [5.74, 6) is 0.502. The fourth-order valence-corrected chi connectivity index (χ4v) is 0.674. The van der Waals surface area contributed by atoms with Crippen molar-refractivity contribution in [3.63, 3.8) is 0 Å². The lowest BCUT2D eigenvalue weighted by Gasteiger charge is -2.13. The summed E-state index contributed by atoms with van der Waals surface area (Å²) in [5, 5.41) is 3.34. The van der Waals surface area contributed by atoms with Gasteiger partial charge in [-0.2, -0.15) is 0 Å². The minimum atomic E-state index is -1.43. The number of rotatable bonds is 0. The molecule has 0 fully saturated rings. The van der Waals surface area contributed by atoms with Crippen LogP contribution in [0.1, 0.15) is 13.8 Å². The van der Waals surface area contributed by atoms with Gasteiger partial charge in [-0.3, -0.25) is 0 Å².